The zero-order chi connectivity index (χ0) is 19.5. The molecule has 0 bridgehead atoms. The highest BCUT2D eigenvalue weighted by molar-refractivity contribution is 6.30. The Balaban J connectivity index is 1.17. The second-order valence-corrected chi connectivity index (χ2v) is 8.57. The van der Waals surface area contributed by atoms with Crippen molar-refractivity contribution in [1.29, 1.82) is 0 Å². The molecule has 0 amide bonds. The van der Waals surface area contributed by atoms with Gasteiger partial charge in [0.25, 0.3) is 0 Å². The second-order valence-electron chi connectivity index (χ2n) is 8.13. The van der Waals surface area contributed by atoms with Crippen molar-refractivity contribution in [1.82, 2.24) is 10.2 Å². The first-order valence-electron chi connectivity index (χ1n) is 10.1. The monoisotopic (exact) mass is 398 g/mol. The molecule has 1 aliphatic carbocycles. The Morgan fingerprint density at radius 2 is 1.75 bits per heavy atom. The first kappa shape index (κ1) is 19.4. The Bertz CT molecular complexity index is 798. The molecule has 0 radical (unpaired) electrons. The summed E-state index contributed by atoms with van der Waals surface area (Å²) in [5.41, 5.74) is 2.93. The van der Waals surface area contributed by atoms with Crippen LogP contribution in [0, 0.1) is 5.92 Å². The molecule has 148 valence electrons. The van der Waals surface area contributed by atoms with Gasteiger partial charge in [-0.3, -0.25) is 4.90 Å². The maximum atomic E-state index is 10.9. The standard InChI is InChI=1S/C23H27ClN2O2/c24-20-7-5-18(6-8-20)21-13-22(21)25-14-16-9-11-26(12-10-16)15-17-1-3-19(4-2-17)23(27)28/h1-8,16,21-22,25H,9-15H2,(H,27,28)/t21-,22+/m0/s1. The molecule has 4 nitrogen and oxygen atoms in total. The van der Waals surface area contributed by atoms with Crippen LogP contribution >= 0.6 is 11.6 Å². The molecule has 2 fully saturated rings. The van der Waals surface area contributed by atoms with Crippen molar-refractivity contribution in [3.8, 4) is 0 Å². The van der Waals surface area contributed by atoms with Gasteiger partial charge < -0.3 is 10.4 Å². The fraction of sp³-hybridized carbons (Fsp3) is 0.435. The summed E-state index contributed by atoms with van der Waals surface area (Å²) in [6, 6.07) is 16.1. The summed E-state index contributed by atoms with van der Waals surface area (Å²) in [6.45, 7) is 4.23. The second kappa shape index (κ2) is 8.64. The number of benzene rings is 2. The summed E-state index contributed by atoms with van der Waals surface area (Å²) < 4.78 is 0. The number of halogens is 1. The summed E-state index contributed by atoms with van der Waals surface area (Å²) in [5, 5.41) is 13.6. The number of likely N-dealkylation sites (tertiary alicyclic amines) is 1. The van der Waals surface area contributed by atoms with Crippen LogP contribution in [0.5, 0.6) is 0 Å². The van der Waals surface area contributed by atoms with Crippen LogP contribution in [0.2, 0.25) is 5.02 Å². The van der Waals surface area contributed by atoms with Gasteiger partial charge in [0.15, 0.2) is 0 Å². The molecule has 1 aliphatic heterocycles. The Morgan fingerprint density at radius 1 is 1.07 bits per heavy atom. The summed E-state index contributed by atoms with van der Waals surface area (Å²) >= 11 is 5.97. The first-order valence-corrected chi connectivity index (χ1v) is 10.5. The summed E-state index contributed by atoms with van der Waals surface area (Å²) in [5.74, 6) is 0.525. The average Bonchev–Trinajstić information content (AvgIpc) is 3.48. The molecule has 0 aromatic heterocycles. The van der Waals surface area contributed by atoms with Crippen LogP contribution in [0.4, 0.5) is 0 Å². The van der Waals surface area contributed by atoms with Gasteiger partial charge in [0.05, 0.1) is 5.56 Å². The van der Waals surface area contributed by atoms with Crippen molar-refractivity contribution < 1.29 is 9.90 Å². The predicted molar refractivity (Wildman–Crippen MR) is 112 cm³/mol. The molecule has 2 aromatic rings. The summed E-state index contributed by atoms with van der Waals surface area (Å²) in [6.07, 6.45) is 3.67. The molecule has 28 heavy (non-hydrogen) atoms. The van der Waals surface area contributed by atoms with E-state index in [-0.39, 0.29) is 0 Å². The molecule has 2 aliphatic rings. The van der Waals surface area contributed by atoms with Crippen LogP contribution in [-0.2, 0) is 6.54 Å². The minimum atomic E-state index is -0.867. The number of nitrogens with one attached hydrogen (secondary N) is 1. The molecule has 1 heterocycles. The van der Waals surface area contributed by atoms with Crippen molar-refractivity contribution >= 4 is 17.6 Å². The average molecular weight is 399 g/mol. The molecule has 5 heteroatoms. The molecular weight excluding hydrogens is 372 g/mol. The third-order valence-electron chi connectivity index (χ3n) is 6.07. The van der Waals surface area contributed by atoms with E-state index in [0.717, 1.165) is 37.1 Å². The zero-order valence-corrected chi connectivity index (χ0v) is 16.7. The van der Waals surface area contributed by atoms with Crippen molar-refractivity contribution in [2.45, 2.75) is 37.8 Å². The number of carbonyl (C=O) groups is 1. The lowest BCUT2D eigenvalue weighted by molar-refractivity contribution is 0.0697. The Kier molecular flexibility index (Phi) is 6.00. The van der Waals surface area contributed by atoms with Gasteiger partial charge in [-0.1, -0.05) is 35.9 Å². The molecule has 1 saturated carbocycles. The first-order chi connectivity index (χ1) is 13.6. The van der Waals surface area contributed by atoms with Gasteiger partial charge in [-0.05, 0) is 80.2 Å². The number of aromatic carboxylic acids is 1. The normalized spacial score (nSPS) is 22.9. The van der Waals surface area contributed by atoms with Crippen molar-refractivity contribution in [2.24, 2.45) is 5.92 Å². The SMILES string of the molecule is O=C(O)c1ccc(CN2CCC(CN[C@@H]3C[C@H]3c3ccc(Cl)cc3)CC2)cc1. The van der Waals surface area contributed by atoms with Crippen molar-refractivity contribution in [2.75, 3.05) is 19.6 Å². The predicted octanol–water partition coefficient (Wildman–Crippen LogP) is 4.40. The molecule has 2 atom stereocenters. The number of carboxylic acids is 1. The number of rotatable bonds is 7. The van der Waals surface area contributed by atoms with E-state index in [1.54, 1.807) is 12.1 Å². The Morgan fingerprint density at radius 3 is 2.39 bits per heavy atom. The molecule has 0 unspecified atom stereocenters. The van der Waals surface area contributed by atoms with Gasteiger partial charge in [0.2, 0.25) is 0 Å². The number of piperidine rings is 1. The van der Waals surface area contributed by atoms with Gasteiger partial charge >= 0.3 is 5.97 Å². The quantitative estimate of drug-likeness (QED) is 0.726. The van der Waals surface area contributed by atoms with Crippen LogP contribution in [0.1, 0.15) is 46.7 Å². The van der Waals surface area contributed by atoms with Crippen LogP contribution in [0.15, 0.2) is 48.5 Å². The van der Waals surface area contributed by atoms with E-state index >= 15 is 0 Å². The number of hydrogen-bond acceptors (Lipinski definition) is 3. The van der Waals surface area contributed by atoms with Gasteiger partial charge in [-0.15, -0.1) is 0 Å². The maximum Gasteiger partial charge on any atom is 0.335 e. The third kappa shape index (κ3) is 4.93. The highest BCUT2D eigenvalue weighted by Gasteiger charge is 2.38. The molecular formula is C23H27ClN2O2. The van der Waals surface area contributed by atoms with E-state index in [1.807, 2.05) is 24.3 Å². The van der Waals surface area contributed by atoms with Crippen molar-refractivity contribution in [3.63, 3.8) is 0 Å². The van der Waals surface area contributed by atoms with E-state index in [4.69, 9.17) is 16.7 Å². The number of nitrogens with zero attached hydrogens (tertiary/aromatic N) is 1. The molecule has 0 spiro atoms. The smallest absolute Gasteiger partial charge is 0.335 e. The topological polar surface area (TPSA) is 52.6 Å². The van der Waals surface area contributed by atoms with Gasteiger partial charge in [-0.25, -0.2) is 4.79 Å². The van der Waals surface area contributed by atoms with E-state index in [0.29, 0.717) is 17.5 Å². The Labute approximate surface area is 171 Å². The highest BCUT2D eigenvalue weighted by atomic mass is 35.5. The van der Waals surface area contributed by atoms with Gasteiger partial charge in [0, 0.05) is 23.5 Å². The van der Waals surface area contributed by atoms with E-state index in [2.05, 4.69) is 22.3 Å². The van der Waals surface area contributed by atoms with E-state index < -0.39 is 5.97 Å². The van der Waals surface area contributed by atoms with Crippen LogP contribution in [-0.4, -0.2) is 41.7 Å². The van der Waals surface area contributed by atoms with E-state index in [9.17, 15) is 4.79 Å². The molecule has 4 rings (SSSR count). The summed E-state index contributed by atoms with van der Waals surface area (Å²) in [7, 11) is 0. The molecule has 2 aromatic carbocycles. The van der Waals surface area contributed by atoms with Crippen molar-refractivity contribution in [3.05, 3.63) is 70.2 Å². The molecule has 1 saturated heterocycles. The minimum absolute atomic E-state index is 0.352. The number of hydrogen-bond donors (Lipinski definition) is 2. The minimum Gasteiger partial charge on any atom is -0.478 e. The van der Waals surface area contributed by atoms with Gasteiger partial charge in [-0.2, -0.15) is 0 Å². The Hall–Kier alpha value is -1.88. The van der Waals surface area contributed by atoms with Gasteiger partial charge in [0.1, 0.15) is 0 Å². The fourth-order valence-corrected chi connectivity index (χ4v) is 4.30. The molecule has 2 N–H and O–H groups in total. The lowest BCUT2D eigenvalue weighted by Gasteiger charge is -2.32. The lowest BCUT2D eigenvalue weighted by Crippen LogP contribution is -2.37. The lowest BCUT2D eigenvalue weighted by atomic mass is 9.96. The van der Waals surface area contributed by atoms with E-state index in [1.165, 1.54) is 30.4 Å². The highest BCUT2D eigenvalue weighted by Crippen LogP contribution is 2.41. The zero-order valence-electron chi connectivity index (χ0n) is 16.0. The fourth-order valence-electron chi connectivity index (χ4n) is 4.18. The van der Waals surface area contributed by atoms with Crippen LogP contribution < -0.4 is 5.32 Å². The summed E-state index contributed by atoms with van der Waals surface area (Å²) in [4.78, 5) is 13.4. The number of carboxylic acid groups (broad SMARTS) is 1. The van der Waals surface area contributed by atoms with Crippen LogP contribution in [0.3, 0.4) is 0 Å². The maximum absolute atomic E-state index is 10.9. The third-order valence-corrected chi connectivity index (χ3v) is 6.32. The largest absolute Gasteiger partial charge is 0.478 e. The van der Waals surface area contributed by atoms with Crippen LogP contribution in [0.25, 0.3) is 0 Å².